The molecule has 0 saturated carbocycles. The molecule has 0 unspecified atom stereocenters. The number of halogens is 2. The molecule has 0 aliphatic heterocycles. The SMILES string of the molecule is NC(=S)c1ccc(S(=O)(=O)Nc2c(F)cccc2Br)cn1. The van der Waals surface area contributed by atoms with Gasteiger partial charge in [0.15, 0.2) is 0 Å². The first-order valence-corrected chi connectivity index (χ1v) is 8.22. The molecule has 5 nitrogen and oxygen atoms in total. The van der Waals surface area contributed by atoms with Crippen LogP contribution in [-0.2, 0) is 10.0 Å². The zero-order valence-electron chi connectivity index (χ0n) is 10.4. The molecule has 2 rings (SSSR count). The second-order valence-corrected chi connectivity index (χ2v) is 6.92. The van der Waals surface area contributed by atoms with E-state index in [9.17, 15) is 12.8 Å². The summed E-state index contributed by atoms with van der Waals surface area (Å²) in [5.74, 6) is -0.694. The summed E-state index contributed by atoms with van der Waals surface area (Å²) in [4.78, 5) is 3.77. The fourth-order valence-corrected chi connectivity index (χ4v) is 3.20. The van der Waals surface area contributed by atoms with Gasteiger partial charge in [0.05, 0.1) is 11.4 Å². The molecule has 2 aromatic rings. The number of nitrogens with one attached hydrogen (secondary N) is 1. The topological polar surface area (TPSA) is 85.1 Å². The predicted octanol–water partition coefficient (Wildman–Crippen LogP) is 2.42. The van der Waals surface area contributed by atoms with Gasteiger partial charge in [-0.2, -0.15) is 0 Å². The quantitative estimate of drug-likeness (QED) is 0.784. The van der Waals surface area contributed by atoms with Gasteiger partial charge >= 0.3 is 0 Å². The van der Waals surface area contributed by atoms with E-state index in [-0.39, 0.29) is 15.6 Å². The number of hydrogen-bond acceptors (Lipinski definition) is 4. The summed E-state index contributed by atoms with van der Waals surface area (Å²) < 4.78 is 40.5. The Kier molecular flexibility index (Phi) is 4.55. The van der Waals surface area contributed by atoms with E-state index < -0.39 is 15.8 Å². The average Bonchev–Trinajstić information content (AvgIpc) is 2.43. The maximum Gasteiger partial charge on any atom is 0.263 e. The van der Waals surface area contributed by atoms with Crippen molar-refractivity contribution in [2.75, 3.05) is 4.72 Å². The lowest BCUT2D eigenvalue weighted by atomic mass is 10.3. The number of para-hydroxylation sites is 1. The van der Waals surface area contributed by atoms with Crippen LogP contribution in [0, 0.1) is 5.82 Å². The van der Waals surface area contributed by atoms with E-state index in [1.165, 1.54) is 24.3 Å². The van der Waals surface area contributed by atoms with Crippen molar-refractivity contribution in [2.24, 2.45) is 5.73 Å². The highest BCUT2D eigenvalue weighted by Gasteiger charge is 2.18. The summed E-state index contributed by atoms with van der Waals surface area (Å²) in [5, 5.41) is 0. The molecule has 110 valence electrons. The van der Waals surface area contributed by atoms with Crippen LogP contribution in [0.1, 0.15) is 5.69 Å². The fourth-order valence-electron chi connectivity index (χ4n) is 1.47. The van der Waals surface area contributed by atoms with Crippen LogP contribution in [-0.4, -0.2) is 18.4 Å². The number of nitrogens with two attached hydrogens (primary N) is 1. The predicted molar refractivity (Wildman–Crippen MR) is 85.0 cm³/mol. The van der Waals surface area contributed by atoms with Gasteiger partial charge in [-0.3, -0.25) is 9.71 Å². The molecule has 0 atom stereocenters. The lowest BCUT2D eigenvalue weighted by Gasteiger charge is -2.10. The third-order valence-electron chi connectivity index (χ3n) is 2.50. The van der Waals surface area contributed by atoms with E-state index >= 15 is 0 Å². The molecule has 1 aromatic carbocycles. The van der Waals surface area contributed by atoms with Crippen LogP contribution < -0.4 is 10.5 Å². The zero-order chi connectivity index (χ0) is 15.6. The molecule has 0 bridgehead atoms. The molecule has 0 aliphatic carbocycles. The van der Waals surface area contributed by atoms with Crippen molar-refractivity contribution in [3.05, 3.63) is 52.5 Å². The number of anilines is 1. The second kappa shape index (κ2) is 6.04. The first-order valence-electron chi connectivity index (χ1n) is 5.54. The minimum Gasteiger partial charge on any atom is -0.388 e. The molecule has 3 N–H and O–H groups in total. The smallest absolute Gasteiger partial charge is 0.263 e. The maximum absolute atomic E-state index is 13.7. The Morgan fingerprint density at radius 2 is 2.05 bits per heavy atom. The number of sulfonamides is 1. The van der Waals surface area contributed by atoms with Gasteiger partial charge in [0.2, 0.25) is 0 Å². The number of rotatable bonds is 4. The monoisotopic (exact) mass is 389 g/mol. The van der Waals surface area contributed by atoms with E-state index in [1.807, 2.05) is 0 Å². The highest BCUT2D eigenvalue weighted by atomic mass is 79.9. The van der Waals surface area contributed by atoms with E-state index in [0.717, 1.165) is 12.3 Å². The Morgan fingerprint density at radius 3 is 2.57 bits per heavy atom. The molecule has 0 spiro atoms. The van der Waals surface area contributed by atoms with Gasteiger partial charge in [-0.25, -0.2) is 12.8 Å². The van der Waals surface area contributed by atoms with Crippen molar-refractivity contribution in [3.63, 3.8) is 0 Å². The molecule has 9 heteroatoms. The molecule has 0 aliphatic rings. The van der Waals surface area contributed by atoms with Gasteiger partial charge in [-0.15, -0.1) is 0 Å². The van der Waals surface area contributed by atoms with Crippen molar-refractivity contribution in [2.45, 2.75) is 4.90 Å². The molecular weight excluding hydrogens is 381 g/mol. The Balaban J connectivity index is 2.36. The minimum absolute atomic E-state index is 0.0590. The number of aromatic nitrogens is 1. The number of thiocarbonyl (C=S) groups is 1. The van der Waals surface area contributed by atoms with Crippen LogP contribution >= 0.6 is 28.1 Å². The van der Waals surface area contributed by atoms with Crippen LogP contribution in [0.5, 0.6) is 0 Å². The minimum atomic E-state index is -3.97. The molecule has 0 saturated heterocycles. The fraction of sp³-hybridized carbons (Fsp3) is 0. The van der Waals surface area contributed by atoms with Crippen molar-refractivity contribution in [1.82, 2.24) is 4.98 Å². The molecule has 1 heterocycles. The lowest BCUT2D eigenvalue weighted by molar-refractivity contribution is 0.598. The van der Waals surface area contributed by atoms with Gasteiger partial charge in [-0.05, 0) is 40.2 Å². The van der Waals surface area contributed by atoms with E-state index in [2.05, 4.69) is 25.6 Å². The highest BCUT2D eigenvalue weighted by Crippen LogP contribution is 2.27. The Hall–Kier alpha value is -1.58. The van der Waals surface area contributed by atoms with Gasteiger partial charge < -0.3 is 5.73 Å². The standard InChI is InChI=1S/C12H9BrFN3O2S2/c13-8-2-1-3-9(14)11(8)17-21(18,19)7-4-5-10(12(15)20)16-6-7/h1-6,17H,(H2,15,20). The van der Waals surface area contributed by atoms with E-state index in [0.29, 0.717) is 10.2 Å². The summed E-state index contributed by atoms with van der Waals surface area (Å²) in [7, 11) is -3.97. The molecule has 0 radical (unpaired) electrons. The Labute approximate surface area is 134 Å². The molecule has 21 heavy (non-hydrogen) atoms. The van der Waals surface area contributed by atoms with Crippen LogP contribution in [0.15, 0.2) is 45.9 Å². The number of hydrogen-bond donors (Lipinski definition) is 2. The summed E-state index contributed by atoms with van der Waals surface area (Å²) in [6.45, 7) is 0. The maximum atomic E-state index is 13.7. The van der Waals surface area contributed by atoms with Gasteiger partial charge in [0.1, 0.15) is 15.7 Å². The first kappa shape index (κ1) is 15.8. The molecular formula is C12H9BrFN3O2S2. The van der Waals surface area contributed by atoms with Crippen LogP contribution in [0.25, 0.3) is 0 Å². The van der Waals surface area contributed by atoms with Crippen molar-refractivity contribution in [3.8, 4) is 0 Å². The highest BCUT2D eigenvalue weighted by molar-refractivity contribution is 9.10. The van der Waals surface area contributed by atoms with Crippen LogP contribution in [0.3, 0.4) is 0 Å². The Morgan fingerprint density at radius 1 is 1.33 bits per heavy atom. The van der Waals surface area contributed by atoms with Crippen molar-refractivity contribution >= 4 is 48.8 Å². The lowest BCUT2D eigenvalue weighted by Crippen LogP contribution is -2.16. The van der Waals surface area contributed by atoms with E-state index in [1.54, 1.807) is 0 Å². The molecule has 1 aromatic heterocycles. The summed E-state index contributed by atoms with van der Waals surface area (Å²) in [5.41, 5.74) is 5.52. The molecule has 0 fully saturated rings. The van der Waals surface area contributed by atoms with Crippen LogP contribution in [0.4, 0.5) is 10.1 Å². The normalized spacial score (nSPS) is 11.1. The van der Waals surface area contributed by atoms with Crippen LogP contribution in [0.2, 0.25) is 0 Å². The van der Waals surface area contributed by atoms with Crippen molar-refractivity contribution in [1.29, 1.82) is 0 Å². The summed E-state index contributed by atoms with van der Waals surface area (Å²) >= 11 is 7.82. The second-order valence-electron chi connectivity index (χ2n) is 3.95. The molecule has 0 amide bonds. The Bertz CT molecular complexity index is 774. The third kappa shape index (κ3) is 3.55. The van der Waals surface area contributed by atoms with Gasteiger partial charge in [0, 0.05) is 10.7 Å². The van der Waals surface area contributed by atoms with Gasteiger partial charge in [-0.1, -0.05) is 18.3 Å². The zero-order valence-corrected chi connectivity index (χ0v) is 13.6. The van der Waals surface area contributed by atoms with Gasteiger partial charge in [0.25, 0.3) is 10.0 Å². The van der Waals surface area contributed by atoms with Crippen molar-refractivity contribution < 1.29 is 12.8 Å². The average molecular weight is 390 g/mol. The summed E-state index contributed by atoms with van der Waals surface area (Å²) in [6.07, 6.45) is 1.10. The first-order chi connectivity index (χ1) is 9.81. The summed E-state index contributed by atoms with van der Waals surface area (Å²) in [6, 6.07) is 6.80. The van der Waals surface area contributed by atoms with E-state index in [4.69, 9.17) is 18.0 Å². The number of benzene rings is 1. The largest absolute Gasteiger partial charge is 0.388 e. The number of pyridine rings is 1. The third-order valence-corrected chi connectivity index (χ3v) is 4.70. The number of nitrogens with zero attached hydrogens (tertiary/aromatic N) is 1.